The Morgan fingerprint density at radius 2 is 1.73 bits per heavy atom. The Kier molecular flexibility index (Phi) is 3.38. The molecule has 0 aliphatic heterocycles. The molecule has 4 heteroatoms. The van der Waals surface area contributed by atoms with E-state index < -0.39 is 0 Å². The number of aromatic nitrogens is 1. The number of hydrogen-bond acceptors (Lipinski definition) is 2. The van der Waals surface area contributed by atoms with Gasteiger partial charge >= 0.3 is 0 Å². The lowest BCUT2D eigenvalue weighted by Gasteiger charge is -2.07. The van der Waals surface area contributed by atoms with Gasteiger partial charge in [0.1, 0.15) is 11.5 Å². The van der Waals surface area contributed by atoms with Gasteiger partial charge in [0.2, 0.25) is 0 Å². The van der Waals surface area contributed by atoms with Crippen molar-refractivity contribution in [3.05, 3.63) is 51.7 Å². The minimum absolute atomic E-state index is 0.771. The average molecular weight is 329 g/mol. The van der Waals surface area contributed by atoms with Crippen LogP contribution in [0.1, 0.15) is 0 Å². The zero-order valence-corrected chi connectivity index (χ0v) is 10.8. The molecule has 0 fully saturated rings. The summed E-state index contributed by atoms with van der Waals surface area (Å²) in [4.78, 5) is 3.92. The number of benzene rings is 1. The van der Waals surface area contributed by atoms with E-state index in [1.807, 2.05) is 30.3 Å². The normalized spacial score (nSPS) is 10.0. The molecule has 0 aliphatic carbocycles. The second-order valence-electron chi connectivity index (χ2n) is 2.86. The Morgan fingerprint density at radius 1 is 1.00 bits per heavy atom. The molecule has 0 radical (unpaired) electrons. The summed E-state index contributed by atoms with van der Waals surface area (Å²) in [6, 6.07) is 9.40. The summed E-state index contributed by atoms with van der Waals surface area (Å²) in [5, 5.41) is 0. The van der Waals surface area contributed by atoms with Crippen LogP contribution >= 0.6 is 31.9 Å². The molecular weight excluding hydrogens is 322 g/mol. The zero-order chi connectivity index (χ0) is 10.7. The monoisotopic (exact) mass is 327 g/mol. The van der Waals surface area contributed by atoms with E-state index >= 15 is 0 Å². The van der Waals surface area contributed by atoms with Crippen molar-refractivity contribution >= 4 is 31.9 Å². The molecule has 15 heavy (non-hydrogen) atoms. The molecular formula is C11H7Br2NO. The highest BCUT2D eigenvalue weighted by atomic mass is 79.9. The molecule has 0 saturated heterocycles. The van der Waals surface area contributed by atoms with Crippen molar-refractivity contribution in [1.29, 1.82) is 0 Å². The summed E-state index contributed by atoms with van der Waals surface area (Å²) in [6.07, 6.45) is 3.39. The predicted molar refractivity (Wildman–Crippen MR) is 66.2 cm³/mol. The lowest BCUT2D eigenvalue weighted by Crippen LogP contribution is -1.85. The molecule has 2 aromatic rings. The van der Waals surface area contributed by atoms with Crippen LogP contribution in [0.3, 0.4) is 0 Å². The molecule has 0 unspecified atom stereocenters. The van der Waals surface area contributed by atoms with E-state index in [0.717, 1.165) is 20.4 Å². The van der Waals surface area contributed by atoms with Gasteiger partial charge in [-0.3, -0.25) is 4.98 Å². The molecule has 0 N–H and O–H groups in total. The van der Waals surface area contributed by atoms with E-state index in [1.54, 1.807) is 12.4 Å². The Labute approximate surface area is 105 Å². The molecule has 2 nitrogen and oxygen atoms in total. The summed E-state index contributed by atoms with van der Waals surface area (Å²) in [7, 11) is 0. The molecule has 1 aromatic carbocycles. The van der Waals surface area contributed by atoms with E-state index in [0.29, 0.717) is 0 Å². The summed E-state index contributed by atoms with van der Waals surface area (Å²) >= 11 is 6.82. The fraction of sp³-hybridized carbons (Fsp3) is 0. The van der Waals surface area contributed by atoms with Gasteiger partial charge in [-0.25, -0.2) is 0 Å². The number of ether oxygens (including phenoxy) is 1. The smallest absolute Gasteiger partial charge is 0.141 e. The third-order valence-corrected chi connectivity index (χ3v) is 2.88. The van der Waals surface area contributed by atoms with E-state index in [4.69, 9.17) is 4.74 Å². The summed E-state index contributed by atoms with van der Waals surface area (Å²) < 4.78 is 7.58. The van der Waals surface area contributed by atoms with Crippen molar-refractivity contribution < 1.29 is 4.74 Å². The molecule has 0 atom stereocenters. The van der Waals surface area contributed by atoms with Crippen molar-refractivity contribution in [3.63, 3.8) is 0 Å². The van der Waals surface area contributed by atoms with Crippen molar-refractivity contribution in [2.24, 2.45) is 0 Å². The van der Waals surface area contributed by atoms with E-state index in [9.17, 15) is 0 Å². The first-order chi connectivity index (χ1) is 7.25. The largest absolute Gasteiger partial charge is 0.456 e. The third kappa shape index (κ3) is 2.79. The quantitative estimate of drug-likeness (QED) is 0.815. The van der Waals surface area contributed by atoms with Crippen LogP contribution < -0.4 is 4.74 Å². The first-order valence-corrected chi connectivity index (χ1v) is 5.87. The first-order valence-electron chi connectivity index (χ1n) is 4.28. The highest BCUT2D eigenvalue weighted by Crippen LogP contribution is 2.31. The summed E-state index contributed by atoms with van der Waals surface area (Å²) in [5.74, 6) is 1.55. The molecule has 0 saturated carbocycles. The van der Waals surface area contributed by atoms with Crippen LogP contribution in [0, 0.1) is 0 Å². The predicted octanol–water partition coefficient (Wildman–Crippen LogP) is 4.40. The van der Waals surface area contributed by atoms with Gasteiger partial charge in [-0.2, -0.15) is 0 Å². The van der Waals surface area contributed by atoms with Crippen LogP contribution in [0.4, 0.5) is 0 Å². The van der Waals surface area contributed by atoms with Crippen molar-refractivity contribution in [2.75, 3.05) is 0 Å². The molecule has 76 valence electrons. The van der Waals surface area contributed by atoms with Gasteiger partial charge < -0.3 is 4.74 Å². The number of pyridine rings is 1. The molecule has 0 aliphatic rings. The summed E-state index contributed by atoms with van der Waals surface area (Å²) in [5.41, 5.74) is 0. The second kappa shape index (κ2) is 4.77. The third-order valence-electron chi connectivity index (χ3n) is 1.77. The average Bonchev–Trinajstić information content (AvgIpc) is 2.24. The highest BCUT2D eigenvalue weighted by molar-refractivity contribution is 9.11. The van der Waals surface area contributed by atoms with E-state index in [1.165, 1.54) is 0 Å². The molecule has 0 bridgehead atoms. The Balaban J connectivity index is 2.25. The minimum Gasteiger partial charge on any atom is -0.456 e. The number of hydrogen-bond donors (Lipinski definition) is 0. The van der Waals surface area contributed by atoms with E-state index in [-0.39, 0.29) is 0 Å². The van der Waals surface area contributed by atoms with Crippen molar-refractivity contribution in [3.8, 4) is 11.5 Å². The lowest BCUT2D eigenvalue weighted by molar-refractivity contribution is 0.479. The van der Waals surface area contributed by atoms with Gasteiger partial charge in [-0.05, 0) is 46.3 Å². The van der Waals surface area contributed by atoms with Crippen LogP contribution in [0.5, 0.6) is 11.5 Å². The van der Waals surface area contributed by atoms with Crippen molar-refractivity contribution in [2.45, 2.75) is 0 Å². The maximum Gasteiger partial charge on any atom is 0.141 e. The maximum absolute atomic E-state index is 5.66. The molecule has 0 spiro atoms. The number of nitrogens with zero attached hydrogens (tertiary/aromatic N) is 1. The van der Waals surface area contributed by atoms with Gasteiger partial charge in [0, 0.05) is 16.9 Å². The van der Waals surface area contributed by atoms with Crippen molar-refractivity contribution in [1.82, 2.24) is 4.98 Å². The van der Waals surface area contributed by atoms with E-state index in [2.05, 4.69) is 36.8 Å². The summed E-state index contributed by atoms with van der Waals surface area (Å²) in [6.45, 7) is 0. The van der Waals surface area contributed by atoms with Gasteiger partial charge in [-0.1, -0.05) is 15.9 Å². The Bertz CT molecular complexity index is 459. The van der Waals surface area contributed by atoms with Gasteiger partial charge in [0.25, 0.3) is 0 Å². The van der Waals surface area contributed by atoms with Gasteiger partial charge in [0.05, 0.1) is 4.47 Å². The Morgan fingerprint density at radius 3 is 2.40 bits per heavy atom. The molecule has 1 heterocycles. The topological polar surface area (TPSA) is 22.1 Å². The van der Waals surface area contributed by atoms with Gasteiger partial charge in [0.15, 0.2) is 0 Å². The van der Waals surface area contributed by atoms with Gasteiger partial charge in [-0.15, -0.1) is 0 Å². The molecule has 1 aromatic heterocycles. The fourth-order valence-electron chi connectivity index (χ4n) is 1.09. The van der Waals surface area contributed by atoms with Crippen LogP contribution in [-0.4, -0.2) is 4.98 Å². The molecule has 2 rings (SSSR count). The number of rotatable bonds is 2. The van der Waals surface area contributed by atoms with Crippen LogP contribution in [0.25, 0.3) is 0 Å². The fourth-order valence-corrected chi connectivity index (χ4v) is 2.22. The SMILES string of the molecule is Brc1ccc(Oc2ccncc2)c(Br)c1. The van der Waals surface area contributed by atoms with Crippen LogP contribution in [0.15, 0.2) is 51.7 Å². The first kappa shape index (κ1) is 10.6. The second-order valence-corrected chi connectivity index (χ2v) is 4.63. The van der Waals surface area contributed by atoms with Crippen LogP contribution in [0.2, 0.25) is 0 Å². The lowest BCUT2D eigenvalue weighted by atomic mass is 10.3. The minimum atomic E-state index is 0.771. The highest BCUT2D eigenvalue weighted by Gasteiger charge is 2.02. The standard InChI is InChI=1S/C11H7Br2NO/c12-8-1-2-11(10(13)7-8)15-9-3-5-14-6-4-9/h1-7H. The zero-order valence-electron chi connectivity index (χ0n) is 7.65. The maximum atomic E-state index is 5.66. The molecule has 0 amide bonds. The van der Waals surface area contributed by atoms with Crippen LogP contribution in [-0.2, 0) is 0 Å². The Hall–Kier alpha value is -0.870. The number of halogens is 2.